The molecule has 2 aliphatic heterocycles. The normalized spacial score (nSPS) is 23.7. The van der Waals surface area contributed by atoms with Gasteiger partial charge in [-0.1, -0.05) is 31.5 Å². The second-order valence-electron chi connectivity index (χ2n) is 11.5. The van der Waals surface area contributed by atoms with Crippen molar-refractivity contribution in [1.29, 1.82) is 0 Å². The van der Waals surface area contributed by atoms with Gasteiger partial charge in [0.2, 0.25) is 0 Å². The standard InChI is InChI=1S/C30H37F2N3O2/c1-3-4-11-34-15-21(16-34)37-20-13-24(31)27(25(32)14-20)29-28-23(22-7-5-6-8-26(22)33-28)12-19(2)35(29)17-30(18-36)9-10-30/h5-8,13-14,19,21,29,33,36H,3-4,9-12,15-18H2,1-2H3/t19-,29-/m1/s1. The molecule has 6 rings (SSSR count). The van der Waals surface area contributed by atoms with E-state index in [-0.39, 0.29) is 35.5 Å². The summed E-state index contributed by atoms with van der Waals surface area (Å²) in [6, 6.07) is 10.2. The number of nitrogens with zero attached hydrogens (tertiary/aromatic N) is 2. The number of fused-ring (bicyclic) bond motifs is 3. The van der Waals surface area contributed by atoms with Crippen molar-refractivity contribution in [1.82, 2.24) is 14.8 Å². The van der Waals surface area contributed by atoms with Gasteiger partial charge >= 0.3 is 0 Å². The zero-order chi connectivity index (χ0) is 25.7. The van der Waals surface area contributed by atoms with Gasteiger partial charge in [0, 0.05) is 72.0 Å². The molecule has 2 fully saturated rings. The lowest BCUT2D eigenvalue weighted by atomic mass is 9.87. The van der Waals surface area contributed by atoms with Crippen molar-refractivity contribution < 1.29 is 18.6 Å². The summed E-state index contributed by atoms with van der Waals surface area (Å²) in [6.45, 7) is 7.62. The number of rotatable bonds is 9. The van der Waals surface area contributed by atoms with Crippen molar-refractivity contribution in [2.75, 3.05) is 32.8 Å². The van der Waals surface area contributed by atoms with Crippen LogP contribution in [0.1, 0.15) is 62.4 Å². The van der Waals surface area contributed by atoms with Crippen molar-refractivity contribution in [2.45, 2.75) is 64.1 Å². The lowest BCUT2D eigenvalue weighted by Crippen LogP contribution is -2.53. The summed E-state index contributed by atoms with van der Waals surface area (Å²) in [5, 5.41) is 11.2. The van der Waals surface area contributed by atoms with Gasteiger partial charge in [0.05, 0.1) is 6.04 Å². The van der Waals surface area contributed by atoms with Crippen LogP contribution >= 0.6 is 0 Å². The Morgan fingerprint density at radius 1 is 1.14 bits per heavy atom. The van der Waals surface area contributed by atoms with E-state index in [1.54, 1.807) is 0 Å². The Kier molecular flexibility index (Phi) is 6.50. The Balaban J connectivity index is 1.34. The van der Waals surface area contributed by atoms with Crippen LogP contribution in [0.15, 0.2) is 36.4 Å². The summed E-state index contributed by atoms with van der Waals surface area (Å²) in [5.41, 5.74) is 2.83. The Labute approximate surface area is 217 Å². The van der Waals surface area contributed by atoms with E-state index in [2.05, 4.69) is 34.7 Å². The number of ether oxygens (including phenoxy) is 1. The third-order valence-electron chi connectivity index (χ3n) is 8.71. The number of aliphatic hydroxyl groups is 1. The molecule has 1 aliphatic carbocycles. The fourth-order valence-corrected chi connectivity index (χ4v) is 6.24. The van der Waals surface area contributed by atoms with E-state index in [0.717, 1.165) is 73.9 Å². The van der Waals surface area contributed by atoms with Crippen molar-refractivity contribution >= 4 is 10.9 Å². The van der Waals surface area contributed by atoms with Crippen LogP contribution < -0.4 is 4.74 Å². The number of halogens is 2. The number of para-hydroxylation sites is 1. The molecule has 3 aliphatic rings. The quantitative estimate of drug-likeness (QED) is 0.405. The first-order chi connectivity index (χ1) is 17.9. The molecular weight excluding hydrogens is 472 g/mol. The van der Waals surface area contributed by atoms with Crippen LogP contribution in [-0.4, -0.2) is 64.8 Å². The highest BCUT2D eigenvalue weighted by molar-refractivity contribution is 5.85. The van der Waals surface area contributed by atoms with Crippen molar-refractivity contribution in [3.63, 3.8) is 0 Å². The van der Waals surface area contributed by atoms with E-state index < -0.39 is 17.7 Å². The van der Waals surface area contributed by atoms with Crippen molar-refractivity contribution in [3.05, 3.63) is 64.9 Å². The summed E-state index contributed by atoms with van der Waals surface area (Å²) in [6.07, 6.45) is 4.92. The third-order valence-corrected chi connectivity index (χ3v) is 8.71. The highest BCUT2D eigenvalue weighted by Crippen LogP contribution is 2.50. The Morgan fingerprint density at radius 2 is 1.86 bits per heavy atom. The van der Waals surface area contributed by atoms with Crippen LogP contribution in [0.4, 0.5) is 8.78 Å². The van der Waals surface area contributed by atoms with E-state index in [4.69, 9.17) is 4.74 Å². The number of unbranched alkanes of at least 4 members (excludes halogenated alkanes) is 1. The lowest BCUT2D eigenvalue weighted by molar-refractivity contribution is 0.0189. The number of aliphatic hydroxyl groups excluding tert-OH is 1. The molecule has 0 spiro atoms. The van der Waals surface area contributed by atoms with Crippen LogP contribution in [0.25, 0.3) is 10.9 Å². The zero-order valence-electron chi connectivity index (χ0n) is 21.8. The number of benzene rings is 2. The molecule has 3 heterocycles. The predicted octanol–water partition coefficient (Wildman–Crippen LogP) is 5.42. The molecule has 0 unspecified atom stereocenters. The van der Waals surface area contributed by atoms with Gasteiger partial charge in [-0.05, 0) is 50.8 Å². The monoisotopic (exact) mass is 509 g/mol. The number of likely N-dealkylation sites (tertiary alicyclic amines) is 1. The van der Waals surface area contributed by atoms with Crippen LogP contribution in [0.3, 0.4) is 0 Å². The Hall–Kier alpha value is -2.48. The number of hydrogen-bond donors (Lipinski definition) is 2. The summed E-state index contributed by atoms with van der Waals surface area (Å²) in [7, 11) is 0. The zero-order valence-corrected chi connectivity index (χ0v) is 21.8. The van der Waals surface area contributed by atoms with Gasteiger partial charge in [0.25, 0.3) is 0 Å². The second kappa shape index (κ2) is 9.68. The smallest absolute Gasteiger partial charge is 0.135 e. The van der Waals surface area contributed by atoms with Crippen LogP contribution in [0.5, 0.6) is 5.75 Å². The maximum atomic E-state index is 15.9. The highest BCUT2D eigenvalue weighted by Gasteiger charge is 2.48. The van der Waals surface area contributed by atoms with Gasteiger partial charge in [0.1, 0.15) is 23.5 Å². The summed E-state index contributed by atoms with van der Waals surface area (Å²) >= 11 is 0. The lowest BCUT2D eigenvalue weighted by Gasteiger charge is -2.43. The number of aromatic nitrogens is 1. The molecule has 1 saturated heterocycles. The molecule has 37 heavy (non-hydrogen) atoms. The van der Waals surface area contributed by atoms with Crippen LogP contribution in [0, 0.1) is 17.0 Å². The van der Waals surface area contributed by atoms with Crippen molar-refractivity contribution in [3.8, 4) is 5.75 Å². The van der Waals surface area contributed by atoms with E-state index in [0.29, 0.717) is 6.54 Å². The maximum absolute atomic E-state index is 15.9. The summed E-state index contributed by atoms with van der Waals surface area (Å²) < 4.78 is 37.7. The Morgan fingerprint density at radius 3 is 2.54 bits per heavy atom. The van der Waals surface area contributed by atoms with E-state index in [9.17, 15) is 5.11 Å². The molecular formula is C30H37F2N3O2. The maximum Gasteiger partial charge on any atom is 0.135 e. The molecule has 2 aromatic carbocycles. The average Bonchev–Trinajstić information content (AvgIpc) is 3.54. The predicted molar refractivity (Wildman–Crippen MR) is 141 cm³/mol. The number of aromatic amines is 1. The minimum Gasteiger partial charge on any atom is -0.488 e. The van der Waals surface area contributed by atoms with Crippen LogP contribution in [-0.2, 0) is 6.42 Å². The minimum absolute atomic E-state index is 0.0349. The topological polar surface area (TPSA) is 51.7 Å². The number of nitrogens with one attached hydrogen (secondary N) is 1. The highest BCUT2D eigenvalue weighted by atomic mass is 19.1. The van der Waals surface area contributed by atoms with E-state index >= 15 is 8.78 Å². The fraction of sp³-hybridized carbons (Fsp3) is 0.533. The SMILES string of the molecule is CCCCN1CC(Oc2cc(F)c([C@@H]3c4[nH]c5ccccc5c4C[C@@H](C)N3CC3(CO)CC3)c(F)c2)C1. The van der Waals surface area contributed by atoms with Crippen LogP contribution in [0.2, 0.25) is 0 Å². The fourth-order valence-electron chi connectivity index (χ4n) is 6.24. The molecule has 1 aromatic heterocycles. The Bertz CT molecular complexity index is 1260. The van der Waals surface area contributed by atoms with Gasteiger partial charge in [0.15, 0.2) is 0 Å². The second-order valence-corrected chi connectivity index (χ2v) is 11.5. The molecule has 198 valence electrons. The molecule has 0 amide bonds. The number of H-pyrrole nitrogens is 1. The molecule has 0 bridgehead atoms. The first-order valence-corrected chi connectivity index (χ1v) is 13.8. The first-order valence-electron chi connectivity index (χ1n) is 13.8. The molecule has 2 atom stereocenters. The summed E-state index contributed by atoms with van der Waals surface area (Å²) in [4.78, 5) is 8.01. The number of hydrogen-bond acceptors (Lipinski definition) is 4. The minimum atomic E-state index is -0.600. The molecule has 0 radical (unpaired) electrons. The summed E-state index contributed by atoms with van der Waals surface area (Å²) in [5.74, 6) is -0.917. The first kappa shape index (κ1) is 24.8. The van der Waals surface area contributed by atoms with E-state index in [1.165, 1.54) is 12.1 Å². The average molecular weight is 510 g/mol. The van der Waals surface area contributed by atoms with Gasteiger partial charge in [-0.25, -0.2) is 8.78 Å². The van der Waals surface area contributed by atoms with Gasteiger partial charge < -0.3 is 14.8 Å². The van der Waals surface area contributed by atoms with Gasteiger partial charge in [-0.3, -0.25) is 9.80 Å². The molecule has 3 aromatic rings. The molecule has 7 heteroatoms. The molecule has 1 saturated carbocycles. The van der Waals surface area contributed by atoms with E-state index in [1.807, 2.05) is 18.2 Å². The van der Waals surface area contributed by atoms with Crippen molar-refractivity contribution in [2.24, 2.45) is 5.41 Å². The van der Waals surface area contributed by atoms with Gasteiger partial charge in [-0.2, -0.15) is 0 Å². The third kappa shape index (κ3) is 4.55. The molecule has 5 nitrogen and oxygen atoms in total. The molecule has 2 N–H and O–H groups in total. The van der Waals surface area contributed by atoms with Gasteiger partial charge in [-0.15, -0.1) is 0 Å². The largest absolute Gasteiger partial charge is 0.488 e.